The molecule has 1 unspecified atom stereocenters. The zero-order valence-corrected chi connectivity index (χ0v) is 7.79. The van der Waals surface area contributed by atoms with Crippen molar-refractivity contribution < 1.29 is 9.13 Å². The Morgan fingerprint density at radius 2 is 2.36 bits per heavy atom. The van der Waals surface area contributed by atoms with Gasteiger partial charge < -0.3 is 15.8 Å². The lowest BCUT2D eigenvalue weighted by atomic mass is 10.0. The Hall–Kier alpha value is -1.13. The minimum Gasteiger partial charge on any atom is -0.398 e. The minimum absolute atomic E-state index is 0.120. The second-order valence-electron chi connectivity index (χ2n) is 3.32. The Bertz CT molecular complexity index is 304. The zero-order valence-electron chi connectivity index (χ0n) is 7.79. The molecule has 76 valence electrons. The van der Waals surface area contributed by atoms with Gasteiger partial charge in [-0.05, 0) is 12.1 Å². The molecule has 1 aromatic carbocycles. The lowest BCUT2D eigenvalue weighted by molar-refractivity contribution is 0.0760. The van der Waals surface area contributed by atoms with Gasteiger partial charge in [-0.25, -0.2) is 4.39 Å². The predicted octanol–water partition coefficient (Wildman–Crippen LogP) is 1.07. The first-order valence-corrected chi connectivity index (χ1v) is 4.64. The van der Waals surface area contributed by atoms with E-state index < -0.39 is 0 Å². The fraction of sp³-hybridized carbons (Fsp3) is 0.400. The molecule has 3 nitrogen and oxygen atoms in total. The number of ether oxygens (including phenoxy) is 1. The molecule has 3 N–H and O–H groups in total. The molecule has 0 aromatic heterocycles. The van der Waals surface area contributed by atoms with Gasteiger partial charge in [-0.2, -0.15) is 0 Å². The normalized spacial score (nSPS) is 22.2. The number of halogens is 1. The molecular weight excluding hydrogens is 183 g/mol. The van der Waals surface area contributed by atoms with Gasteiger partial charge in [-0.1, -0.05) is 6.07 Å². The quantitative estimate of drug-likeness (QED) is 0.660. The van der Waals surface area contributed by atoms with E-state index in [-0.39, 0.29) is 11.9 Å². The first kappa shape index (κ1) is 9.43. The Balaban J connectivity index is 2.29. The summed E-state index contributed by atoms with van der Waals surface area (Å²) in [5.41, 5.74) is 6.72. The van der Waals surface area contributed by atoms with E-state index in [0.717, 1.165) is 6.54 Å². The van der Waals surface area contributed by atoms with E-state index in [0.29, 0.717) is 24.5 Å². The van der Waals surface area contributed by atoms with Crippen LogP contribution in [0, 0.1) is 5.82 Å². The fourth-order valence-electron chi connectivity index (χ4n) is 1.67. The maximum atomic E-state index is 13.5. The molecule has 0 amide bonds. The van der Waals surface area contributed by atoms with Crippen molar-refractivity contribution in [1.82, 2.24) is 5.32 Å². The summed E-state index contributed by atoms with van der Waals surface area (Å²) >= 11 is 0. The Labute approximate surface area is 82.1 Å². The van der Waals surface area contributed by atoms with Crippen molar-refractivity contribution in [1.29, 1.82) is 0 Å². The molecule has 1 heterocycles. The molecule has 1 aliphatic heterocycles. The van der Waals surface area contributed by atoms with Crippen LogP contribution >= 0.6 is 0 Å². The van der Waals surface area contributed by atoms with Crippen molar-refractivity contribution >= 4 is 5.69 Å². The van der Waals surface area contributed by atoms with Crippen LogP contribution in [0.15, 0.2) is 18.2 Å². The monoisotopic (exact) mass is 196 g/mol. The van der Waals surface area contributed by atoms with E-state index in [4.69, 9.17) is 10.5 Å². The summed E-state index contributed by atoms with van der Waals surface area (Å²) in [6.07, 6.45) is 0. The van der Waals surface area contributed by atoms with Crippen molar-refractivity contribution in [3.8, 4) is 0 Å². The molecule has 1 aliphatic rings. The van der Waals surface area contributed by atoms with Crippen molar-refractivity contribution in [3.63, 3.8) is 0 Å². The van der Waals surface area contributed by atoms with E-state index in [1.54, 1.807) is 12.1 Å². The van der Waals surface area contributed by atoms with Gasteiger partial charge in [0.25, 0.3) is 0 Å². The van der Waals surface area contributed by atoms with Gasteiger partial charge in [-0.3, -0.25) is 0 Å². The first-order valence-electron chi connectivity index (χ1n) is 4.64. The highest BCUT2D eigenvalue weighted by Gasteiger charge is 2.20. The Morgan fingerprint density at radius 3 is 3.00 bits per heavy atom. The van der Waals surface area contributed by atoms with Crippen LogP contribution in [0.25, 0.3) is 0 Å². The summed E-state index contributed by atoms with van der Waals surface area (Å²) in [6.45, 7) is 1.88. The van der Waals surface area contributed by atoms with E-state index in [2.05, 4.69) is 5.32 Å². The van der Waals surface area contributed by atoms with E-state index in [9.17, 15) is 4.39 Å². The molecular formula is C10H13FN2O. The maximum Gasteiger partial charge on any atom is 0.130 e. The summed E-state index contributed by atoms with van der Waals surface area (Å²) in [7, 11) is 0. The average Bonchev–Trinajstić information content (AvgIpc) is 2.19. The third-order valence-electron chi connectivity index (χ3n) is 2.36. The number of rotatable bonds is 1. The van der Waals surface area contributed by atoms with Gasteiger partial charge in [0.15, 0.2) is 0 Å². The van der Waals surface area contributed by atoms with Crippen LogP contribution in [-0.4, -0.2) is 19.8 Å². The number of nitrogen functional groups attached to an aromatic ring is 1. The average molecular weight is 196 g/mol. The smallest absolute Gasteiger partial charge is 0.130 e. The summed E-state index contributed by atoms with van der Waals surface area (Å²) in [6, 6.07) is 4.61. The highest BCUT2D eigenvalue weighted by molar-refractivity contribution is 5.49. The molecule has 0 spiro atoms. The number of anilines is 1. The van der Waals surface area contributed by atoms with Crippen molar-refractivity contribution in [3.05, 3.63) is 29.6 Å². The second kappa shape index (κ2) is 3.94. The third-order valence-corrected chi connectivity index (χ3v) is 2.36. The fourth-order valence-corrected chi connectivity index (χ4v) is 1.67. The lowest BCUT2D eigenvalue weighted by Gasteiger charge is -2.25. The van der Waals surface area contributed by atoms with Gasteiger partial charge in [0.1, 0.15) is 5.82 Å². The molecule has 1 atom stereocenters. The first-order chi connectivity index (χ1) is 6.79. The van der Waals surface area contributed by atoms with Gasteiger partial charge in [-0.15, -0.1) is 0 Å². The standard InChI is InChI=1S/C10H13FN2O/c11-7-2-1-3-8(12)10(7)9-6-14-5-4-13-9/h1-3,9,13H,4-6,12H2. The number of morpholine rings is 1. The number of nitrogens with two attached hydrogens (primary N) is 1. The number of hydrogen-bond acceptors (Lipinski definition) is 3. The van der Waals surface area contributed by atoms with Crippen LogP contribution in [0.2, 0.25) is 0 Å². The minimum atomic E-state index is -0.270. The van der Waals surface area contributed by atoms with E-state index in [1.165, 1.54) is 6.07 Å². The van der Waals surface area contributed by atoms with Gasteiger partial charge >= 0.3 is 0 Å². The Morgan fingerprint density at radius 1 is 1.50 bits per heavy atom. The van der Waals surface area contributed by atoms with Crippen LogP contribution in [0.1, 0.15) is 11.6 Å². The molecule has 1 aromatic rings. The molecule has 0 radical (unpaired) electrons. The van der Waals surface area contributed by atoms with Crippen LogP contribution in [0.5, 0.6) is 0 Å². The topological polar surface area (TPSA) is 47.3 Å². The van der Waals surface area contributed by atoms with Crippen molar-refractivity contribution in [2.24, 2.45) is 0 Å². The number of benzene rings is 1. The predicted molar refractivity (Wildman–Crippen MR) is 52.4 cm³/mol. The molecule has 2 rings (SSSR count). The van der Waals surface area contributed by atoms with Crippen LogP contribution in [0.3, 0.4) is 0 Å². The SMILES string of the molecule is Nc1cccc(F)c1C1COCCN1. The van der Waals surface area contributed by atoms with Crippen molar-refractivity contribution in [2.75, 3.05) is 25.5 Å². The van der Waals surface area contributed by atoms with Gasteiger partial charge in [0, 0.05) is 17.8 Å². The maximum absolute atomic E-state index is 13.5. The molecule has 1 fully saturated rings. The van der Waals surface area contributed by atoms with Crippen molar-refractivity contribution in [2.45, 2.75) is 6.04 Å². The molecule has 14 heavy (non-hydrogen) atoms. The zero-order chi connectivity index (χ0) is 9.97. The van der Waals surface area contributed by atoms with Gasteiger partial charge in [0.05, 0.1) is 19.3 Å². The lowest BCUT2D eigenvalue weighted by Crippen LogP contribution is -2.35. The second-order valence-corrected chi connectivity index (χ2v) is 3.32. The number of hydrogen-bond donors (Lipinski definition) is 2. The highest BCUT2D eigenvalue weighted by atomic mass is 19.1. The van der Waals surface area contributed by atoms with Gasteiger partial charge in [0.2, 0.25) is 0 Å². The summed E-state index contributed by atoms with van der Waals surface area (Å²) in [5, 5.41) is 3.17. The summed E-state index contributed by atoms with van der Waals surface area (Å²) in [4.78, 5) is 0. The van der Waals surface area contributed by atoms with E-state index >= 15 is 0 Å². The number of nitrogens with one attached hydrogen (secondary N) is 1. The summed E-state index contributed by atoms with van der Waals surface area (Å²) < 4.78 is 18.7. The molecule has 1 saturated heterocycles. The Kier molecular flexibility index (Phi) is 2.65. The molecule has 0 bridgehead atoms. The third kappa shape index (κ3) is 1.71. The van der Waals surface area contributed by atoms with Crippen LogP contribution < -0.4 is 11.1 Å². The molecule has 0 saturated carbocycles. The van der Waals surface area contributed by atoms with Crippen LogP contribution in [-0.2, 0) is 4.74 Å². The van der Waals surface area contributed by atoms with E-state index in [1.807, 2.05) is 0 Å². The molecule has 4 heteroatoms. The summed E-state index contributed by atoms with van der Waals surface area (Å²) in [5.74, 6) is -0.270. The largest absolute Gasteiger partial charge is 0.398 e. The molecule has 0 aliphatic carbocycles. The van der Waals surface area contributed by atoms with Crippen LogP contribution in [0.4, 0.5) is 10.1 Å². The highest BCUT2D eigenvalue weighted by Crippen LogP contribution is 2.24.